The SMILES string of the molecule is COC1CCN(c2cnc(Cl)nc2Cl)C1. The van der Waals surface area contributed by atoms with Crippen molar-refractivity contribution < 1.29 is 4.74 Å². The molecule has 4 nitrogen and oxygen atoms in total. The summed E-state index contributed by atoms with van der Waals surface area (Å²) in [5.74, 6) is 0. The average molecular weight is 248 g/mol. The summed E-state index contributed by atoms with van der Waals surface area (Å²) < 4.78 is 5.27. The maximum atomic E-state index is 5.98. The molecule has 2 rings (SSSR count). The molecule has 1 unspecified atom stereocenters. The number of halogens is 2. The van der Waals surface area contributed by atoms with Crippen LogP contribution in [0.25, 0.3) is 0 Å². The minimum atomic E-state index is 0.172. The molecule has 15 heavy (non-hydrogen) atoms. The second kappa shape index (κ2) is 4.51. The minimum Gasteiger partial charge on any atom is -0.380 e. The summed E-state index contributed by atoms with van der Waals surface area (Å²) in [5, 5.41) is 0.568. The number of hydrogen-bond acceptors (Lipinski definition) is 4. The van der Waals surface area contributed by atoms with Crippen LogP contribution in [0.3, 0.4) is 0 Å². The molecule has 0 aliphatic carbocycles. The van der Waals surface area contributed by atoms with Crippen LogP contribution in [0, 0.1) is 0 Å². The molecule has 2 heterocycles. The number of nitrogens with zero attached hydrogens (tertiary/aromatic N) is 3. The molecule has 0 N–H and O–H groups in total. The van der Waals surface area contributed by atoms with Crippen LogP contribution in [0.5, 0.6) is 0 Å². The Morgan fingerprint density at radius 1 is 1.53 bits per heavy atom. The summed E-state index contributed by atoms with van der Waals surface area (Å²) in [7, 11) is 1.72. The van der Waals surface area contributed by atoms with Gasteiger partial charge in [0.25, 0.3) is 0 Å². The Balaban J connectivity index is 2.17. The molecule has 1 aromatic rings. The van der Waals surface area contributed by atoms with E-state index in [0.29, 0.717) is 5.15 Å². The quantitative estimate of drug-likeness (QED) is 0.592. The predicted octanol–water partition coefficient (Wildman–Crippen LogP) is 2.01. The van der Waals surface area contributed by atoms with E-state index in [1.165, 1.54) is 0 Å². The van der Waals surface area contributed by atoms with Gasteiger partial charge >= 0.3 is 0 Å². The predicted molar refractivity (Wildman–Crippen MR) is 59.7 cm³/mol. The fraction of sp³-hybridized carbons (Fsp3) is 0.556. The maximum absolute atomic E-state index is 5.98. The molecule has 1 aliphatic rings. The van der Waals surface area contributed by atoms with Crippen molar-refractivity contribution in [2.75, 3.05) is 25.1 Å². The fourth-order valence-corrected chi connectivity index (χ4v) is 2.11. The summed E-state index contributed by atoms with van der Waals surface area (Å²) in [4.78, 5) is 9.93. The van der Waals surface area contributed by atoms with Gasteiger partial charge in [0.15, 0.2) is 5.15 Å². The van der Waals surface area contributed by atoms with E-state index in [0.717, 1.165) is 25.2 Å². The minimum absolute atomic E-state index is 0.172. The highest BCUT2D eigenvalue weighted by atomic mass is 35.5. The van der Waals surface area contributed by atoms with Gasteiger partial charge in [-0.05, 0) is 18.0 Å². The van der Waals surface area contributed by atoms with Gasteiger partial charge < -0.3 is 9.64 Å². The second-order valence-corrected chi connectivity index (χ2v) is 4.10. The maximum Gasteiger partial charge on any atom is 0.223 e. The molecule has 0 spiro atoms. The van der Waals surface area contributed by atoms with Crippen molar-refractivity contribution in [3.63, 3.8) is 0 Å². The van der Waals surface area contributed by atoms with Crippen LogP contribution >= 0.6 is 23.2 Å². The standard InChI is InChI=1S/C9H11Cl2N3O/c1-15-6-2-3-14(5-6)7-4-12-9(11)13-8(7)10/h4,6H,2-3,5H2,1H3. The van der Waals surface area contributed by atoms with Crippen molar-refractivity contribution >= 4 is 28.9 Å². The van der Waals surface area contributed by atoms with Gasteiger partial charge in [-0.2, -0.15) is 0 Å². The molecule has 0 bridgehead atoms. The Morgan fingerprint density at radius 2 is 2.33 bits per heavy atom. The van der Waals surface area contributed by atoms with Crippen molar-refractivity contribution in [3.05, 3.63) is 16.6 Å². The third-order valence-electron chi connectivity index (χ3n) is 2.51. The van der Waals surface area contributed by atoms with Crippen LogP contribution in [0.2, 0.25) is 10.4 Å². The van der Waals surface area contributed by atoms with Crippen LogP contribution in [0.1, 0.15) is 6.42 Å². The normalized spacial score (nSPS) is 21.0. The lowest BCUT2D eigenvalue weighted by Gasteiger charge is -2.18. The first-order valence-electron chi connectivity index (χ1n) is 4.66. The van der Waals surface area contributed by atoms with Gasteiger partial charge in [0, 0.05) is 20.2 Å². The molecule has 1 saturated heterocycles. The van der Waals surface area contributed by atoms with E-state index in [4.69, 9.17) is 27.9 Å². The zero-order valence-corrected chi connectivity index (χ0v) is 9.79. The summed E-state index contributed by atoms with van der Waals surface area (Å²) in [5.41, 5.74) is 0.820. The van der Waals surface area contributed by atoms with E-state index in [9.17, 15) is 0 Å². The lowest BCUT2D eigenvalue weighted by molar-refractivity contribution is 0.121. The van der Waals surface area contributed by atoms with E-state index < -0.39 is 0 Å². The van der Waals surface area contributed by atoms with Crippen molar-refractivity contribution in [2.45, 2.75) is 12.5 Å². The van der Waals surface area contributed by atoms with Crippen LogP contribution in [-0.2, 0) is 4.74 Å². The van der Waals surface area contributed by atoms with E-state index >= 15 is 0 Å². The molecule has 1 atom stereocenters. The van der Waals surface area contributed by atoms with Gasteiger partial charge in [-0.3, -0.25) is 0 Å². The zero-order valence-electron chi connectivity index (χ0n) is 8.28. The Hall–Kier alpha value is -0.580. The average Bonchev–Trinajstić information content (AvgIpc) is 2.66. The molecule has 0 saturated carbocycles. The van der Waals surface area contributed by atoms with Crippen molar-refractivity contribution in [1.29, 1.82) is 0 Å². The smallest absolute Gasteiger partial charge is 0.223 e. The summed E-state index contributed by atoms with van der Waals surface area (Å²) in [6.45, 7) is 1.73. The number of ether oxygens (including phenoxy) is 1. The highest BCUT2D eigenvalue weighted by molar-refractivity contribution is 6.33. The topological polar surface area (TPSA) is 38.2 Å². The molecule has 6 heteroatoms. The van der Waals surface area contributed by atoms with Crippen molar-refractivity contribution in [2.24, 2.45) is 0 Å². The summed E-state index contributed by atoms with van der Waals surface area (Å²) >= 11 is 11.6. The molecule has 1 aliphatic heterocycles. The first kappa shape index (κ1) is 10.9. The molecule has 0 radical (unpaired) electrons. The lowest BCUT2D eigenvalue weighted by Crippen LogP contribution is -2.22. The number of methoxy groups -OCH3 is 1. The Bertz CT molecular complexity index is 361. The Morgan fingerprint density at radius 3 is 2.93 bits per heavy atom. The highest BCUT2D eigenvalue weighted by Gasteiger charge is 2.24. The van der Waals surface area contributed by atoms with Gasteiger partial charge in [-0.25, -0.2) is 9.97 Å². The molecule has 0 amide bonds. The number of hydrogen-bond donors (Lipinski definition) is 0. The Labute approximate surface area is 98.2 Å². The van der Waals surface area contributed by atoms with E-state index in [1.54, 1.807) is 13.3 Å². The van der Waals surface area contributed by atoms with Crippen molar-refractivity contribution in [1.82, 2.24) is 9.97 Å². The molecule has 1 aromatic heterocycles. The van der Waals surface area contributed by atoms with Gasteiger partial charge in [0.2, 0.25) is 5.28 Å². The molecule has 0 aromatic carbocycles. The van der Waals surface area contributed by atoms with Crippen LogP contribution in [-0.4, -0.2) is 36.3 Å². The van der Waals surface area contributed by atoms with Gasteiger partial charge in [-0.1, -0.05) is 11.6 Å². The third kappa shape index (κ3) is 2.33. The van der Waals surface area contributed by atoms with Crippen LogP contribution in [0.4, 0.5) is 5.69 Å². The number of anilines is 1. The van der Waals surface area contributed by atoms with E-state index in [1.807, 2.05) is 0 Å². The second-order valence-electron chi connectivity index (χ2n) is 3.41. The third-order valence-corrected chi connectivity index (χ3v) is 2.97. The zero-order chi connectivity index (χ0) is 10.8. The lowest BCUT2D eigenvalue weighted by atomic mass is 10.3. The van der Waals surface area contributed by atoms with E-state index in [-0.39, 0.29) is 11.4 Å². The monoisotopic (exact) mass is 247 g/mol. The Kier molecular flexibility index (Phi) is 3.29. The van der Waals surface area contributed by atoms with Crippen LogP contribution in [0.15, 0.2) is 6.20 Å². The van der Waals surface area contributed by atoms with Gasteiger partial charge in [0.1, 0.15) is 0 Å². The molecule has 82 valence electrons. The highest BCUT2D eigenvalue weighted by Crippen LogP contribution is 2.27. The first-order chi connectivity index (χ1) is 7.20. The van der Waals surface area contributed by atoms with Gasteiger partial charge in [0.05, 0.1) is 18.0 Å². The van der Waals surface area contributed by atoms with Crippen molar-refractivity contribution in [3.8, 4) is 0 Å². The molecule has 1 fully saturated rings. The van der Waals surface area contributed by atoms with E-state index in [2.05, 4.69) is 14.9 Å². The van der Waals surface area contributed by atoms with Gasteiger partial charge in [-0.15, -0.1) is 0 Å². The summed E-state index contributed by atoms with van der Waals surface area (Å²) in [6, 6.07) is 0. The number of aromatic nitrogens is 2. The number of rotatable bonds is 2. The largest absolute Gasteiger partial charge is 0.380 e. The molecular formula is C9H11Cl2N3O. The fourth-order valence-electron chi connectivity index (χ4n) is 1.69. The molecular weight excluding hydrogens is 237 g/mol. The first-order valence-corrected chi connectivity index (χ1v) is 5.42. The van der Waals surface area contributed by atoms with Crippen LogP contribution < -0.4 is 4.90 Å². The summed E-state index contributed by atoms with van der Waals surface area (Å²) in [6.07, 6.45) is 2.90.